The lowest BCUT2D eigenvalue weighted by Crippen LogP contribution is -1.92. The van der Waals surface area contributed by atoms with E-state index in [1.54, 1.807) is 13.2 Å². The number of pyridine rings is 1. The Bertz CT molecular complexity index is 568. The van der Waals surface area contributed by atoms with Gasteiger partial charge >= 0.3 is 0 Å². The number of aryl methyl sites for hydroxylation is 1. The molecule has 0 atom stereocenters. The van der Waals surface area contributed by atoms with E-state index in [0.29, 0.717) is 5.56 Å². The van der Waals surface area contributed by atoms with Crippen molar-refractivity contribution in [2.24, 2.45) is 0 Å². The van der Waals surface area contributed by atoms with Crippen LogP contribution in [0.3, 0.4) is 0 Å². The van der Waals surface area contributed by atoms with Gasteiger partial charge in [0.15, 0.2) is 0 Å². The Kier molecular flexibility index (Phi) is 3.06. The average Bonchev–Trinajstić information content (AvgIpc) is 2.39. The fourth-order valence-electron chi connectivity index (χ4n) is 1.62. The highest BCUT2D eigenvalue weighted by Gasteiger charge is 2.06. The predicted octanol–water partition coefficient (Wildman–Crippen LogP) is 2.94. The summed E-state index contributed by atoms with van der Waals surface area (Å²) in [4.78, 5) is 4.41. The third-order valence-electron chi connectivity index (χ3n) is 2.52. The Morgan fingerprint density at radius 3 is 2.41 bits per heavy atom. The average molecular weight is 224 g/mol. The van der Waals surface area contributed by atoms with Crippen LogP contribution in [0.4, 0.5) is 0 Å². The second-order valence-corrected chi connectivity index (χ2v) is 3.69. The van der Waals surface area contributed by atoms with Gasteiger partial charge in [-0.05, 0) is 43.3 Å². The molecule has 1 aromatic heterocycles. The molecule has 0 unspecified atom stereocenters. The molecule has 84 valence electrons. The van der Waals surface area contributed by atoms with Crippen LogP contribution in [0.2, 0.25) is 0 Å². The number of rotatable bonds is 2. The predicted molar refractivity (Wildman–Crippen MR) is 65.7 cm³/mol. The van der Waals surface area contributed by atoms with Gasteiger partial charge in [-0.15, -0.1) is 0 Å². The maximum absolute atomic E-state index is 9.06. The van der Waals surface area contributed by atoms with E-state index in [-0.39, 0.29) is 0 Å². The van der Waals surface area contributed by atoms with E-state index in [1.165, 1.54) is 0 Å². The monoisotopic (exact) mass is 224 g/mol. The molecule has 1 aromatic carbocycles. The fraction of sp³-hybridized carbons (Fsp3) is 0.143. The van der Waals surface area contributed by atoms with Crippen LogP contribution < -0.4 is 4.74 Å². The van der Waals surface area contributed by atoms with Crippen molar-refractivity contribution in [1.29, 1.82) is 5.26 Å². The number of nitriles is 1. The standard InChI is InChI=1S/C14H12N2O/c1-10-3-4-12(9-15)14(16-10)11-5-7-13(17-2)8-6-11/h3-8H,1-2H3. The number of aromatic nitrogens is 1. The third kappa shape index (κ3) is 2.26. The zero-order valence-corrected chi connectivity index (χ0v) is 9.77. The maximum Gasteiger partial charge on any atom is 0.118 e. The number of ether oxygens (including phenoxy) is 1. The minimum absolute atomic E-state index is 0.584. The Labute approximate surface area is 100 Å². The van der Waals surface area contributed by atoms with E-state index < -0.39 is 0 Å². The second-order valence-electron chi connectivity index (χ2n) is 3.69. The highest BCUT2D eigenvalue weighted by Crippen LogP contribution is 2.23. The number of benzene rings is 1. The van der Waals surface area contributed by atoms with Crippen LogP contribution in [0, 0.1) is 18.3 Å². The number of nitrogens with zero attached hydrogens (tertiary/aromatic N) is 2. The smallest absolute Gasteiger partial charge is 0.118 e. The van der Waals surface area contributed by atoms with E-state index in [4.69, 9.17) is 10.00 Å². The van der Waals surface area contributed by atoms with Crippen LogP contribution in [0.25, 0.3) is 11.3 Å². The van der Waals surface area contributed by atoms with Gasteiger partial charge in [-0.1, -0.05) is 0 Å². The molecule has 0 bridgehead atoms. The minimum Gasteiger partial charge on any atom is -0.497 e. The Balaban J connectivity index is 2.52. The lowest BCUT2D eigenvalue weighted by atomic mass is 10.1. The van der Waals surface area contributed by atoms with E-state index in [0.717, 1.165) is 22.7 Å². The van der Waals surface area contributed by atoms with Gasteiger partial charge in [-0.3, -0.25) is 4.98 Å². The minimum atomic E-state index is 0.584. The van der Waals surface area contributed by atoms with Crippen LogP contribution in [0.1, 0.15) is 11.3 Å². The van der Waals surface area contributed by atoms with Crippen molar-refractivity contribution in [3.05, 3.63) is 47.7 Å². The molecule has 2 aromatic rings. The van der Waals surface area contributed by atoms with Gasteiger partial charge in [-0.25, -0.2) is 0 Å². The van der Waals surface area contributed by atoms with Crippen molar-refractivity contribution in [1.82, 2.24) is 4.98 Å². The first kappa shape index (κ1) is 11.2. The molecule has 0 saturated heterocycles. The molecular weight excluding hydrogens is 212 g/mol. The SMILES string of the molecule is COc1ccc(-c2nc(C)ccc2C#N)cc1. The zero-order valence-electron chi connectivity index (χ0n) is 9.77. The molecular formula is C14H12N2O. The highest BCUT2D eigenvalue weighted by atomic mass is 16.5. The molecule has 0 N–H and O–H groups in total. The molecule has 0 spiro atoms. The van der Waals surface area contributed by atoms with Gasteiger partial charge in [0.1, 0.15) is 11.8 Å². The van der Waals surface area contributed by atoms with Crippen molar-refractivity contribution in [2.75, 3.05) is 7.11 Å². The topological polar surface area (TPSA) is 45.9 Å². The summed E-state index contributed by atoms with van der Waals surface area (Å²) in [6, 6.07) is 13.3. The summed E-state index contributed by atoms with van der Waals surface area (Å²) in [6.07, 6.45) is 0. The van der Waals surface area contributed by atoms with Crippen molar-refractivity contribution < 1.29 is 4.74 Å². The highest BCUT2D eigenvalue weighted by molar-refractivity contribution is 5.67. The van der Waals surface area contributed by atoms with Crippen LogP contribution in [0.5, 0.6) is 5.75 Å². The summed E-state index contributed by atoms with van der Waals surface area (Å²) in [7, 11) is 1.63. The molecule has 0 radical (unpaired) electrons. The van der Waals surface area contributed by atoms with Crippen LogP contribution >= 0.6 is 0 Å². The number of hydrogen-bond acceptors (Lipinski definition) is 3. The van der Waals surface area contributed by atoms with Gasteiger partial charge in [0, 0.05) is 11.3 Å². The molecule has 0 aliphatic heterocycles. The Morgan fingerprint density at radius 1 is 1.12 bits per heavy atom. The van der Waals surface area contributed by atoms with Crippen LogP contribution in [0.15, 0.2) is 36.4 Å². The van der Waals surface area contributed by atoms with Gasteiger partial charge < -0.3 is 4.74 Å². The summed E-state index contributed by atoms with van der Waals surface area (Å²) in [5.74, 6) is 0.792. The van der Waals surface area contributed by atoms with Crippen molar-refractivity contribution >= 4 is 0 Å². The van der Waals surface area contributed by atoms with Crippen molar-refractivity contribution in [3.63, 3.8) is 0 Å². The van der Waals surface area contributed by atoms with E-state index in [2.05, 4.69) is 11.1 Å². The first-order chi connectivity index (χ1) is 8.24. The van der Waals surface area contributed by atoms with Crippen molar-refractivity contribution in [3.8, 4) is 23.1 Å². The molecule has 3 nitrogen and oxygen atoms in total. The van der Waals surface area contributed by atoms with Crippen LogP contribution in [-0.2, 0) is 0 Å². The number of methoxy groups -OCH3 is 1. The first-order valence-corrected chi connectivity index (χ1v) is 5.27. The second kappa shape index (κ2) is 4.67. The summed E-state index contributed by atoms with van der Waals surface area (Å²) >= 11 is 0. The molecule has 2 rings (SSSR count). The van der Waals surface area contributed by atoms with Gasteiger partial charge in [0.2, 0.25) is 0 Å². The number of hydrogen-bond donors (Lipinski definition) is 0. The molecule has 3 heteroatoms. The maximum atomic E-state index is 9.06. The molecule has 0 saturated carbocycles. The third-order valence-corrected chi connectivity index (χ3v) is 2.52. The summed E-state index contributed by atoms with van der Waals surface area (Å²) in [6.45, 7) is 1.91. The quantitative estimate of drug-likeness (QED) is 0.787. The van der Waals surface area contributed by atoms with E-state index in [9.17, 15) is 0 Å². The first-order valence-electron chi connectivity index (χ1n) is 5.27. The van der Waals surface area contributed by atoms with Gasteiger partial charge in [-0.2, -0.15) is 5.26 Å². The molecule has 0 aliphatic carbocycles. The van der Waals surface area contributed by atoms with Crippen molar-refractivity contribution in [2.45, 2.75) is 6.92 Å². The summed E-state index contributed by atoms with van der Waals surface area (Å²) < 4.78 is 5.10. The lowest BCUT2D eigenvalue weighted by Gasteiger charge is -2.05. The van der Waals surface area contributed by atoms with Gasteiger partial charge in [0.05, 0.1) is 18.4 Å². The molecule has 0 aliphatic rings. The lowest BCUT2D eigenvalue weighted by molar-refractivity contribution is 0.415. The van der Waals surface area contributed by atoms with Crippen LogP contribution in [-0.4, -0.2) is 12.1 Å². The largest absolute Gasteiger partial charge is 0.497 e. The van der Waals surface area contributed by atoms with E-state index >= 15 is 0 Å². The Morgan fingerprint density at radius 2 is 1.82 bits per heavy atom. The molecule has 0 amide bonds. The molecule has 17 heavy (non-hydrogen) atoms. The fourth-order valence-corrected chi connectivity index (χ4v) is 1.62. The molecule has 0 fully saturated rings. The summed E-state index contributed by atoms with van der Waals surface area (Å²) in [5, 5.41) is 9.06. The van der Waals surface area contributed by atoms with Gasteiger partial charge in [0.25, 0.3) is 0 Å². The zero-order chi connectivity index (χ0) is 12.3. The normalized spacial score (nSPS) is 9.71. The Hall–Kier alpha value is -2.34. The summed E-state index contributed by atoms with van der Waals surface area (Å²) in [5.41, 5.74) is 3.12. The van der Waals surface area contributed by atoms with E-state index in [1.807, 2.05) is 37.3 Å². The molecule has 1 heterocycles.